The van der Waals surface area contributed by atoms with Gasteiger partial charge in [0.1, 0.15) is 0 Å². The minimum absolute atomic E-state index is 0.0959. The average molecular weight is 262 g/mol. The molecule has 0 aromatic heterocycles. The summed E-state index contributed by atoms with van der Waals surface area (Å²) < 4.78 is 0. The van der Waals surface area contributed by atoms with Gasteiger partial charge in [-0.25, -0.2) is 0 Å². The largest absolute Gasteiger partial charge is 0.345 e. The van der Waals surface area contributed by atoms with E-state index in [4.69, 9.17) is 5.73 Å². The Morgan fingerprint density at radius 1 is 1.21 bits per heavy atom. The lowest BCUT2D eigenvalue weighted by molar-refractivity contribution is -0.131. The van der Waals surface area contributed by atoms with Crippen LogP contribution in [0.4, 0.5) is 0 Å². The quantitative estimate of drug-likeness (QED) is 0.856. The molecule has 2 N–H and O–H groups in total. The van der Waals surface area contributed by atoms with Gasteiger partial charge in [0.25, 0.3) is 0 Å². The molecule has 0 heterocycles. The molecule has 0 aliphatic rings. The third-order valence-corrected chi connectivity index (χ3v) is 3.70. The molecule has 1 aromatic rings. The zero-order valence-corrected chi connectivity index (χ0v) is 12.5. The first kappa shape index (κ1) is 15.7. The summed E-state index contributed by atoms with van der Waals surface area (Å²) in [5.74, 6) is 0.513. The second kappa shape index (κ2) is 7.29. The Bertz CT molecular complexity index is 389. The lowest BCUT2D eigenvalue weighted by atomic mass is 9.99. The van der Waals surface area contributed by atoms with Crippen LogP contribution in [0.1, 0.15) is 38.7 Å². The molecule has 0 radical (unpaired) electrons. The third-order valence-electron chi connectivity index (χ3n) is 3.70. The molecule has 1 aromatic carbocycles. The van der Waals surface area contributed by atoms with E-state index in [9.17, 15) is 4.79 Å². The summed E-state index contributed by atoms with van der Waals surface area (Å²) in [5.41, 5.74) is 7.08. The molecule has 3 heteroatoms. The SMILES string of the molecule is CC(C(=O)N(C)CCC(N)C(C)C)c1ccccc1. The summed E-state index contributed by atoms with van der Waals surface area (Å²) in [7, 11) is 1.86. The summed E-state index contributed by atoms with van der Waals surface area (Å²) in [5, 5.41) is 0. The highest BCUT2D eigenvalue weighted by Gasteiger charge is 2.19. The molecular weight excluding hydrogens is 236 g/mol. The van der Waals surface area contributed by atoms with E-state index < -0.39 is 0 Å². The van der Waals surface area contributed by atoms with Crippen LogP contribution in [-0.4, -0.2) is 30.4 Å². The van der Waals surface area contributed by atoms with Gasteiger partial charge in [0.2, 0.25) is 5.91 Å². The number of amides is 1. The number of hydrogen-bond acceptors (Lipinski definition) is 2. The van der Waals surface area contributed by atoms with E-state index >= 15 is 0 Å². The fourth-order valence-electron chi connectivity index (χ4n) is 2.00. The van der Waals surface area contributed by atoms with Crippen molar-refractivity contribution < 1.29 is 4.79 Å². The molecule has 0 aliphatic carbocycles. The van der Waals surface area contributed by atoms with Crippen molar-refractivity contribution in [3.8, 4) is 0 Å². The van der Waals surface area contributed by atoms with Crippen molar-refractivity contribution in [2.45, 2.75) is 39.2 Å². The van der Waals surface area contributed by atoms with Gasteiger partial charge < -0.3 is 10.6 Å². The number of carbonyl (C=O) groups is 1. The van der Waals surface area contributed by atoms with E-state index in [1.165, 1.54) is 0 Å². The van der Waals surface area contributed by atoms with Crippen LogP contribution in [0.15, 0.2) is 30.3 Å². The number of nitrogens with two attached hydrogens (primary N) is 1. The number of nitrogens with zero attached hydrogens (tertiary/aromatic N) is 1. The topological polar surface area (TPSA) is 46.3 Å². The van der Waals surface area contributed by atoms with Crippen LogP contribution in [-0.2, 0) is 4.79 Å². The van der Waals surface area contributed by atoms with Crippen molar-refractivity contribution in [3.05, 3.63) is 35.9 Å². The van der Waals surface area contributed by atoms with Gasteiger partial charge >= 0.3 is 0 Å². The Kier molecular flexibility index (Phi) is 6.03. The van der Waals surface area contributed by atoms with Crippen LogP contribution in [0.2, 0.25) is 0 Å². The van der Waals surface area contributed by atoms with E-state index in [0.29, 0.717) is 5.92 Å². The van der Waals surface area contributed by atoms with Gasteiger partial charge in [0.05, 0.1) is 5.92 Å². The first-order chi connectivity index (χ1) is 8.93. The molecule has 0 spiro atoms. The Morgan fingerprint density at radius 2 is 1.79 bits per heavy atom. The van der Waals surface area contributed by atoms with Gasteiger partial charge in [0, 0.05) is 19.6 Å². The Labute approximate surface area is 116 Å². The fourth-order valence-corrected chi connectivity index (χ4v) is 2.00. The molecule has 106 valence electrons. The molecule has 1 amide bonds. The number of carbonyl (C=O) groups excluding carboxylic acids is 1. The van der Waals surface area contributed by atoms with Crippen molar-refractivity contribution in [1.29, 1.82) is 0 Å². The van der Waals surface area contributed by atoms with Gasteiger partial charge in [-0.05, 0) is 24.8 Å². The zero-order chi connectivity index (χ0) is 14.4. The van der Waals surface area contributed by atoms with Crippen molar-refractivity contribution >= 4 is 5.91 Å². The molecule has 2 unspecified atom stereocenters. The van der Waals surface area contributed by atoms with E-state index in [1.807, 2.05) is 44.3 Å². The molecule has 0 bridgehead atoms. The standard InChI is InChI=1S/C16H26N2O/c1-12(2)15(17)10-11-18(4)16(19)13(3)14-8-6-5-7-9-14/h5-9,12-13,15H,10-11,17H2,1-4H3. The second-order valence-electron chi connectivity index (χ2n) is 5.59. The third kappa shape index (κ3) is 4.67. The summed E-state index contributed by atoms with van der Waals surface area (Å²) >= 11 is 0. The van der Waals surface area contributed by atoms with Crippen molar-refractivity contribution in [2.75, 3.05) is 13.6 Å². The highest BCUT2D eigenvalue weighted by molar-refractivity contribution is 5.83. The monoisotopic (exact) mass is 262 g/mol. The van der Waals surface area contributed by atoms with Crippen molar-refractivity contribution in [1.82, 2.24) is 4.90 Å². The first-order valence-electron chi connectivity index (χ1n) is 6.99. The molecule has 0 saturated heterocycles. The predicted molar refractivity (Wildman–Crippen MR) is 79.9 cm³/mol. The van der Waals surface area contributed by atoms with Crippen LogP contribution in [0.5, 0.6) is 0 Å². The van der Waals surface area contributed by atoms with E-state index in [1.54, 1.807) is 4.90 Å². The summed E-state index contributed by atoms with van der Waals surface area (Å²) in [4.78, 5) is 14.1. The van der Waals surface area contributed by atoms with Gasteiger partial charge in [-0.3, -0.25) is 4.79 Å². The lowest BCUT2D eigenvalue weighted by Gasteiger charge is -2.24. The maximum absolute atomic E-state index is 12.3. The smallest absolute Gasteiger partial charge is 0.229 e. The van der Waals surface area contributed by atoms with Gasteiger partial charge in [-0.1, -0.05) is 44.2 Å². The first-order valence-corrected chi connectivity index (χ1v) is 6.99. The predicted octanol–water partition coefficient (Wildman–Crippen LogP) is 2.62. The highest BCUT2D eigenvalue weighted by atomic mass is 16.2. The van der Waals surface area contributed by atoms with Gasteiger partial charge in [-0.2, -0.15) is 0 Å². The maximum Gasteiger partial charge on any atom is 0.229 e. The van der Waals surface area contributed by atoms with Crippen LogP contribution >= 0.6 is 0 Å². The van der Waals surface area contributed by atoms with Gasteiger partial charge in [0.15, 0.2) is 0 Å². The molecule has 1 rings (SSSR count). The maximum atomic E-state index is 12.3. The van der Waals surface area contributed by atoms with E-state index in [2.05, 4.69) is 13.8 Å². The lowest BCUT2D eigenvalue weighted by Crippen LogP contribution is -2.36. The molecule has 19 heavy (non-hydrogen) atoms. The number of hydrogen-bond donors (Lipinski definition) is 1. The fraction of sp³-hybridized carbons (Fsp3) is 0.562. The zero-order valence-electron chi connectivity index (χ0n) is 12.5. The summed E-state index contributed by atoms with van der Waals surface area (Å²) in [6, 6.07) is 10.0. The Hall–Kier alpha value is -1.35. The van der Waals surface area contributed by atoms with Gasteiger partial charge in [-0.15, -0.1) is 0 Å². The minimum atomic E-state index is -0.0959. The summed E-state index contributed by atoms with van der Waals surface area (Å²) in [6.45, 7) is 6.89. The molecule has 3 nitrogen and oxygen atoms in total. The highest BCUT2D eigenvalue weighted by Crippen LogP contribution is 2.17. The number of likely N-dealkylation sites (N-methyl/N-ethyl adjacent to an activating group) is 1. The van der Waals surface area contributed by atoms with Crippen LogP contribution < -0.4 is 5.73 Å². The minimum Gasteiger partial charge on any atom is -0.345 e. The number of benzene rings is 1. The van der Waals surface area contributed by atoms with Crippen LogP contribution in [0.25, 0.3) is 0 Å². The van der Waals surface area contributed by atoms with Crippen LogP contribution in [0.3, 0.4) is 0 Å². The van der Waals surface area contributed by atoms with Crippen LogP contribution in [0, 0.1) is 5.92 Å². The number of rotatable bonds is 6. The molecule has 0 saturated carbocycles. The van der Waals surface area contributed by atoms with Crippen molar-refractivity contribution in [2.24, 2.45) is 11.7 Å². The molecule has 0 fully saturated rings. The Balaban J connectivity index is 2.53. The van der Waals surface area contributed by atoms with E-state index in [0.717, 1.165) is 18.5 Å². The van der Waals surface area contributed by atoms with E-state index in [-0.39, 0.29) is 17.9 Å². The normalized spacial score (nSPS) is 14.2. The second-order valence-corrected chi connectivity index (χ2v) is 5.59. The summed E-state index contributed by atoms with van der Waals surface area (Å²) in [6.07, 6.45) is 0.849. The average Bonchev–Trinajstić information content (AvgIpc) is 2.43. The van der Waals surface area contributed by atoms with Crippen molar-refractivity contribution in [3.63, 3.8) is 0 Å². The molecule has 2 atom stereocenters. The molecule has 0 aliphatic heterocycles. The molecular formula is C16H26N2O. The Morgan fingerprint density at radius 3 is 2.32 bits per heavy atom.